The maximum Gasteiger partial charge on any atom is 0.146 e. The molecule has 2 nitrogen and oxygen atoms in total. The van der Waals surface area contributed by atoms with E-state index in [9.17, 15) is 4.39 Å². The average molecular weight is 250 g/mol. The minimum Gasteiger partial charge on any atom is -0.369 e. The Kier molecular flexibility index (Phi) is 4.23. The molecule has 0 aromatic heterocycles. The third-order valence-corrected chi connectivity index (χ3v) is 3.90. The van der Waals surface area contributed by atoms with Crippen molar-refractivity contribution < 1.29 is 4.39 Å². The summed E-state index contributed by atoms with van der Waals surface area (Å²) >= 11 is 0. The van der Waals surface area contributed by atoms with Gasteiger partial charge in [-0.2, -0.15) is 0 Å². The van der Waals surface area contributed by atoms with Gasteiger partial charge in [0.25, 0.3) is 0 Å². The van der Waals surface area contributed by atoms with E-state index in [4.69, 9.17) is 0 Å². The predicted molar refractivity (Wildman–Crippen MR) is 74.5 cm³/mol. The third-order valence-electron chi connectivity index (χ3n) is 3.90. The van der Waals surface area contributed by atoms with E-state index in [0.29, 0.717) is 5.92 Å². The van der Waals surface area contributed by atoms with E-state index in [2.05, 4.69) is 17.1 Å². The van der Waals surface area contributed by atoms with Crippen LogP contribution in [0.2, 0.25) is 0 Å². The molecule has 1 aromatic carbocycles. The number of benzene rings is 1. The van der Waals surface area contributed by atoms with Crippen molar-refractivity contribution in [1.82, 2.24) is 5.32 Å². The molecule has 100 valence electrons. The summed E-state index contributed by atoms with van der Waals surface area (Å²) in [5.41, 5.74) is 1.76. The number of hydrogen-bond donors (Lipinski definition) is 1. The number of nitrogens with zero attached hydrogens (tertiary/aromatic N) is 1. The van der Waals surface area contributed by atoms with Crippen molar-refractivity contribution in [2.75, 3.05) is 25.0 Å². The molecule has 1 fully saturated rings. The SMILES string of the molecule is CN[C@@H](C)c1ccc(N2CCC[C@H](C)C2)c(F)c1. The molecule has 2 atom stereocenters. The molecule has 0 radical (unpaired) electrons. The number of halogens is 1. The third kappa shape index (κ3) is 2.83. The molecule has 0 bridgehead atoms. The van der Waals surface area contributed by atoms with Crippen molar-refractivity contribution >= 4 is 5.69 Å². The zero-order valence-electron chi connectivity index (χ0n) is 11.5. The summed E-state index contributed by atoms with van der Waals surface area (Å²) in [4.78, 5) is 2.18. The van der Waals surface area contributed by atoms with Crippen LogP contribution in [0.25, 0.3) is 0 Å². The molecule has 3 heteroatoms. The molecule has 0 spiro atoms. The fraction of sp³-hybridized carbons (Fsp3) is 0.600. The lowest BCUT2D eigenvalue weighted by Gasteiger charge is -2.33. The second-order valence-electron chi connectivity index (χ2n) is 5.41. The summed E-state index contributed by atoms with van der Waals surface area (Å²) in [6, 6.07) is 5.80. The molecular weight excluding hydrogens is 227 g/mol. The highest BCUT2D eigenvalue weighted by molar-refractivity contribution is 5.50. The molecule has 1 saturated heterocycles. The van der Waals surface area contributed by atoms with E-state index < -0.39 is 0 Å². The smallest absolute Gasteiger partial charge is 0.146 e. The summed E-state index contributed by atoms with van der Waals surface area (Å²) in [5, 5.41) is 3.13. The Morgan fingerprint density at radius 3 is 2.83 bits per heavy atom. The maximum absolute atomic E-state index is 14.2. The van der Waals surface area contributed by atoms with Crippen molar-refractivity contribution in [2.24, 2.45) is 5.92 Å². The summed E-state index contributed by atoms with van der Waals surface area (Å²) in [6.45, 7) is 6.22. The van der Waals surface area contributed by atoms with Gasteiger partial charge in [-0.25, -0.2) is 4.39 Å². The quantitative estimate of drug-likeness (QED) is 0.885. The molecule has 18 heavy (non-hydrogen) atoms. The van der Waals surface area contributed by atoms with Crippen LogP contribution in [0.5, 0.6) is 0 Å². The van der Waals surface area contributed by atoms with Crippen molar-refractivity contribution in [2.45, 2.75) is 32.7 Å². The van der Waals surface area contributed by atoms with Gasteiger partial charge in [0.15, 0.2) is 0 Å². The van der Waals surface area contributed by atoms with Gasteiger partial charge in [-0.1, -0.05) is 13.0 Å². The number of anilines is 1. The number of hydrogen-bond acceptors (Lipinski definition) is 2. The first-order valence-electron chi connectivity index (χ1n) is 6.83. The Balaban J connectivity index is 2.19. The van der Waals surface area contributed by atoms with Gasteiger partial charge in [-0.15, -0.1) is 0 Å². The highest BCUT2D eigenvalue weighted by Crippen LogP contribution is 2.27. The van der Waals surface area contributed by atoms with E-state index in [1.807, 2.05) is 26.1 Å². The Morgan fingerprint density at radius 1 is 1.44 bits per heavy atom. The van der Waals surface area contributed by atoms with Gasteiger partial charge in [0.1, 0.15) is 5.82 Å². The molecule has 1 aliphatic rings. The fourth-order valence-electron chi connectivity index (χ4n) is 2.62. The second kappa shape index (κ2) is 5.70. The first kappa shape index (κ1) is 13.3. The standard InChI is InChI=1S/C15H23FN2/c1-11-5-4-8-18(10-11)15-7-6-13(9-14(15)16)12(2)17-3/h6-7,9,11-12,17H,4-5,8,10H2,1-3H3/t11-,12-/m0/s1. The number of nitrogens with one attached hydrogen (secondary N) is 1. The van der Waals surface area contributed by atoms with Crippen molar-refractivity contribution in [3.05, 3.63) is 29.6 Å². The molecule has 0 saturated carbocycles. The number of piperidine rings is 1. The van der Waals surface area contributed by atoms with Gasteiger partial charge in [-0.3, -0.25) is 0 Å². The van der Waals surface area contributed by atoms with Crippen LogP contribution in [0.1, 0.15) is 38.3 Å². The van der Waals surface area contributed by atoms with Gasteiger partial charge in [-0.05, 0) is 50.4 Å². The Labute approximate surface area is 109 Å². The van der Waals surface area contributed by atoms with Crippen LogP contribution < -0.4 is 10.2 Å². The molecule has 1 heterocycles. The second-order valence-corrected chi connectivity index (χ2v) is 5.41. The topological polar surface area (TPSA) is 15.3 Å². The van der Waals surface area contributed by atoms with Crippen molar-refractivity contribution in [3.8, 4) is 0 Å². The van der Waals surface area contributed by atoms with Crippen LogP contribution in [0.15, 0.2) is 18.2 Å². The van der Waals surface area contributed by atoms with E-state index in [1.54, 1.807) is 6.07 Å². The lowest BCUT2D eigenvalue weighted by Crippen LogP contribution is -2.34. The Hall–Kier alpha value is -1.09. The minimum atomic E-state index is -0.0938. The zero-order valence-corrected chi connectivity index (χ0v) is 11.5. The first-order valence-corrected chi connectivity index (χ1v) is 6.83. The predicted octanol–water partition coefficient (Wildman–Crippen LogP) is 3.34. The lowest BCUT2D eigenvalue weighted by atomic mass is 9.99. The van der Waals surface area contributed by atoms with Crippen LogP contribution in [0.3, 0.4) is 0 Å². The van der Waals surface area contributed by atoms with E-state index >= 15 is 0 Å². The molecule has 0 aliphatic carbocycles. The summed E-state index contributed by atoms with van der Waals surface area (Å²) in [6.07, 6.45) is 2.42. The van der Waals surface area contributed by atoms with Gasteiger partial charge in [0.05, 0.1) is 5.69 Å². The Morgan fingerprint density at radius 2 is 2.22 bits per heavy atom. The molecule has 1 aromatic rings. The van der Waals surface area contributed by atoms with E-state index in [1.165, 1.54) is 6.42 Å². The summed E-state index contributed by atoms with van der Waals surface area (Å²) in [7, 11) is 1.89. The zero-order chi connectivity index (χ0) is 13.1. The highest BCUT2D eigenvalue weighted by atomic mass is 19.1. The first-order chi connectivity index (χ1) is 8.61. The lowest BCUT2D eigenvalue weighted by molar-refractivity contribution is 0.442. The van der Waals surface area contributed by atoms with Gasteiger partial charge in [0, 0.05) is 19.1 Å². The molecular formula is C15H23FN2. The van der Waals surface area contributed by atoms with Crippen LogP contribution >= 0.6 is 0 Å². The monoisotopic (exact) mass is 250 g/mol. The van der Waals surface area contributed by atoms with E-state index in [-0.39, 0.29) is 11.9 Å². The average Bonchev–Trinajstić information content (AvgIpc) is 2.37. The van der Waals surface area contributed by atoms with Crippen LogP contribution in [-0.2, 0) is 0 Å². The summed E-state index contributed by atoms with van der Waals surface area (Å²) in [5.74, 6) is 0.567. The normalized spacial score (nSPS) is 22.0. The van der Waals surface area contributed by atoms with Crippen LogP contribution in [0, 0.1) is 11.7 Å². The van der Waals surface area contributed by atoms with Crippen LogP contribution in [-0.4, -0.2) is 20.1 Å². The van der Waals surface area contributed by atoms with E-state index in [0.717, 1.165) is 30.8 Å². The van der Waals surface area contributed by atoms with Crippen LogP contribution in [0.4, 0.5) is 10.1 Å². The molecule has 1 N–H and O–H groups in total. The van der Waals surface area contributed by atoms with Gasteiger partial charge < -0.3 is 10.2 Å². The summed E-state index contributed by atoms with van der Waals surface area (Å²) < 4.78 is 14.2. The van der Waals surface area contributed by atoms with Gasteiger partial charge in [0.2, 0.25) is 0 Å². The maximum atomic E-state index is 14.2. The Bertz CT molecular complexity index is 405. The van der Waals surface area contributed by atoms with Crippen molar-refractivity contribution in [1.29, 1.82) is 0 Å². The molecule has 0 amide bonds. The minimum absolute atomic E-state index is 0.0938. The fourth-order valence-corrected chi connectivity index (χ4v) is 2.62. The van der Waals surface area contributed by atoms with Gasteiger partial charge >= 0.3 is 0 Å². The number of rotatable bonds is 3. The molecule has 1 aliphatic heterocycles. The molecule has 0 unspecified atom stereocenters. The molecule has 2 rings (SSSR count). The largest absolute Gasteiger partial charge is 0.369 e. The highest BCUT2D eigenvalue weighted by Gasteiger charge is 2.19. The van der Waals surface area contributed by atoms with Crippen molar-refractivity contribution in [3.63, 3.8) is 0 Å².